The van der Waals surface area contributed by atoms with Gasteiger partial charge in [-0.2, -0.15) is 0 Å². The number of hydrogen-bond donors (Lipinski definition) is 1. The average Bonchev–Trinajstić information content (AvgIpc) is 2.20. The van der Waals surface area contributed by atoms with Crippen molar-refractivity contribution in [1.82, 2.24) is 0 Å². The fourth-order valence-electron chi connectivity index (χ4n) is 1.36. The summed E-state index contributed by atoms with van der Waals surface area (Å²) in [6.07, 6.45) is -0.970. The summed E-state index contributed by atoms with van der Waals surface area (Å²) >= 11 is 0. The smallest absolute Gasteiger partial charge is 0.129 e. The number of benzene rings is 1. The van der Waals surface area contributed by atoms with Crippen molar-refractivity contribution < 1.29 is 14.2 Å². The highest BCUT2D eigenvalue weighted by molar-refractivity contribution is 5.27. The van der Waals surface area contributed by atoms with Crippen molar-refractivity contribution in [1.29, 1.82) is 0 Å². The second-order valence-electron chi connectivity index (χ2n) is 4.24. The molecule has 0 bridgehead atoms. The quantitative estimate of drug-likeness (QED) is 0.834. The highest BCUT2D eigenvalue weighted by atomic mass is 19.1. The molecule has 0 aliphatic carbocycles. The Morgan fingerprint density at radius 2 is 2.00 bits per heavy atom. The Morgan fingerprint density at radius 1 is 1.40 bits per heavy atom. The zero-order valence-electron chi connectivity index (χ0n) is 9.54. The van der Waals surface area contributed by atoms with Gasteiger partial charge in [0.05, 0.1) is 5.60 Å². The minimum Gasteiger partial charge on any atom is -0.385 e. The van der Waals surface area contributed by atoms with Crippen LogP contribution in [0.25, 0.3) is 0 Å². The number of hydrogen-bond acceptors (Lipinski definition) is 2. The lowest BCUT2D eigenvalue weighted by Crippen LogP contribution is -2.32. The molecule has 2 nitrogen and oxygen atoms in total. The van der Waals surface area contributed by atoms with Crippen LogP contribution in [0.15, 0.2) is 18.2 Å². The second-order valence-corrected chi connectivity index (χ2v) is 4.24. The van der Waals surface area contributed by atoms with E-state index in [0.717, 1.165) is 5.56 Å². The van der Waals surface area contributed by atoms with Crippen molar-refractivity contribution in [2.75, 3.05) is 7.11 Å². The van der Waals surface area contributed by atoms with Crippen LogP contribution in [0.5, 0.6) is 0 Å². The van der Waals surface area contributed by atoms with Crippen LogP contribution >= 0.6 is 0 Å². The molecule has 0 radical (unpaired) electrons. The molecular formula is C12H17FO2. The number of ether oxygens (including phenoxy) is 1. The minimum atomic E-state index is -0.970. The van der Waals surface area contributed by atoms with Gasteiger partial charge in [0.1, 0.15) is 11.9 Å². The third-order valence-electron chi connectivity index (χ3n) is 2.63. The predicted molar refractivity (Wildman–Crippen MR) is 57.2 cm³/mol. The molecule has 1 rings (SSSR count). The Balaban J connectivity index is 3.10. The molecule has 0 heterocycles. The summed E-state index contributed by atoms with van der Waals surface area (Å²) in [4.78, 5) is 0. The predicted octanol–water partition coefficient (Wildman–Crippen LogP) is 2.59. The highest BCUT2D eigenvalue weighted by Gasteiger charge is 2.30. The van der Waals surface area contributed by atoms with E-state index in [0.29, 0.717) is 0 Å². The summed E-state index contributed by atoms with van der Waals surface area (Å²) in [6.45, 7) is 5.30. The first kappa shape index (κ1) is 12.1. The molecule has 3 heteroatoms. The maximum absolute atomic E-state index is 13.5. The van der Waals surface area contributed by atoms with E-state index >= 15 is 0 Å². The first-order valence-corrected chi connectivity index (χ1v) is 4.87. The maximum atomic E-state index is 13.5. The lowest BCUT2D eigenvalue weighted by atomic mass is 9.93. The summed E-state index contributed by atoms with van der Waals surface area (Å²) < 4.78 is 18.6. The van der Waals surface area contributed by atoms with Gasteiger partial charge in [0.15, 0.2) is 0 Å². The fraction of sp³-hybridized carbons (Fsp3) is 0.500. The number of aryl methyl sites for hydroxylation is 1. The van der Waals surface area contributed by atoms with Gasteiger partial charge < -0.3 is 9.84 Å². The molecule has 1 unspecified atom stereocenters. The van der Waals surface area contributed by atoms with E-state index in [2.05, 4.69) is 0 Å². The normalized spacial score (nSPS) is 14.0. The number of aliphatic hydroxyl groups is 1. The van der Waals surface area contributed by atoms with E-state index in [1.807, 2.05) is 6.92 Å². The third-order valence-corrected chi connectivity index (χ3v) is 2.63. The molecule has 1 atom stereocenters. The Bertz CT molecular complexity index is 347. The van der Waals surface area contributed by atoms with Gasteiger partial charge in [-0.1, -0.05) is 17.7 Å². The molecule has 1 aromatic carbocycles. The molecule has 15 heavy (non-hydrogen) atoms. The largest absolute Gasteiger partial charge is 0.385 e. The molecular weight excluding hydrogens is 195 g/mol. The monoisotopic (exact) mass is 212 g/mol. The first-order valence-electron chi connectivity index (χ1n) is 4.87. The molecule has 0 saturated carbocycles. The van der Waals surface area contributed by atoms with Crippen molar-refractivity contribution in [3.63, 3.8) is 0 Å². The van der Waals surface area contributed by atoms with Crippen molar-refractivity contribution in [3.05, 3.63) is 35.1 Å². The van der Waals surface area contributed by atoms with E-state index in [-0.39, 0.29) is 5.56 Å². The third kappa shape index (κ3) is 2.55. The Morgan fingerprint density at radius 3 is 2.53 bits per heavy atom. The topological polar surface area (TPSA) is 29.5 Å². The van der Waals surface area contributed by atoms with Gasteiger partial charge >= 0.3 is 0 Å². The average molecular weight is 212 g/mol. The number of rotatable bonds is 3. The van der Waals surface area contributed by atoms with Crippen molar-refractivity contribution in [2.45, 2.75) is 32.5 Å². The molecule has 84 valence electrons. The van der Waals surface area contributed by atoms with Crippen molar-refractivity contribution >= 4 is 0 Å². The van der Waals surface area contributed by atoms with Gasteiger partial charge in [-0.15, -0.1) is 0 Å². The Labute approximate surface area is 89.7 Å². The zero-order valence-corrected chi connectivity index (χ0v) is 9.54. The summed E-state index contributed by atoms with van der Waals surface area (Å²) in [7, 11) is 1.50. The van der Waals surface area contributed by atoms with Gasteiger partial charge in [0, 0.05) is 12.7 Å². The molecule has 0 aromatic heterocycles. The van der Waals surface area contributed by atoms with E-state index in [9.17, 15) is 9.50 Å². The number of halogens is 1. The summed E-state index contributed by atoms with van der Waals surface area (Å²) in [5.41, 5.74) is 0.397. The summed E-state index contributed by atoms with van der Waals surface area (Å²) in [6, 6.07) is 4.67. The van der Waals surface area contributed by atoms with Gasteiger partial charge in [-0.05, 0) is 26.8 Å². The van der Waals surface area contributed by atoms with Gasteiger partial charge in [0.25, 0.3) is 0 Å². The minimum absolute atomic E-state index is 0.279. The van der Waals surface area contributed by atoms with Crippen LogP contribution in [0.1, 0.15) is 31.1 Å². The van der Waals surface area contributed by atoms with Crippen LogP contribution in [0, 0.1) is 12.7 Å². The van der Waals surface area contributed by atoms with Crippen LogP contribution in [-0.2, 0) is 4.74 Å². The second kappa shape index (κ2) is 4.29. The molecule has 0 saturated heterocycles. The molecule has 0 spiro atoms. The maximum Gasteiger partial charge on any atom is 0.129 e. The highest BCUT2D eigenvalue weighted by Crippen LogP contribution is 2.30. The molecule has 1 aromatic rings. The Kier molecular flexibility index (Phi) is 3.47. The molecule has 0 aliphatic rings. The first-order chi connectivity index (χ1) is 6.88. The molecule has 0 aliphatic heterocycles. The fourth-order valence-corrected chi connectivity index (χ4v) is 1.36. The van der Waals surface area contributed by atoms with Crippen LogP contribution in [-0.4, -0.2) is 17.8 Å². The summed E-state index contributed by atoms with van der Waals surface area (Å²) in [5, 5.41) is 9.99. The van der Waals surface area contributed by atoms with Crippen molar-refractivity contribution in [2.24, 2.45) is 0 Å². The summed E-state index contributed by atoms with van der Waals surface area (Å²) in [5.74, 6) is -0.404. The van der Waals surface area contributed by atoms with E-state index in [1.54, 1.807) is 26.0 Å². The lowest BCUT2D eigenvalue weighted by molar-refractivity contribution is -0.0805. The van der Waals surface area contributed by atoms with Crippen LogP contribution in [0.4, 0.5) is 4.39 Å². The number of methoxy groups -OCH3 is 1. The lowest BCUT2D eigenvalue weighted by Gasteiger charge is -2.29. The van der Waals surface area contributed by atoms with Crippen LogP contribution < -0.4 is 0 Å². The van der Waals surface area contributed by atoms with Crippen LogP contribution in [0.2, 0.25) is 0 Å². The molecule has 1 N–H and O–H groups in total. The van der Waals surface area contributed by atoms with E-state index in [4.69, 9.17) is 4.74 Å². The van der Waals surface area contributed by atoms with Crippen molar-refractivity contribution in [3.8, 4) is 0 Å². The molecule has 0 fully saturated rings. The van der Waals surface area contributed by atoms with E-state index < -0.39 is 17.5 Å². The standard InChI is InChI=1S/C12H17FO2/c1-8-5-6-10(13)9(7-8)11(14)12(2,3)15-4/h5-7,11,14H,1-4H3. The molecule has 0 amide bonds. The van der Waals surface area contributed by atoms with Gasteiger partial charge in [0.2, 0.25) is 0 Å². The Hall–Kier alpha value is -0.930. The SMILES string of the molecule is COC(C)(C)C(O)c1cc(C)ccc1F. The zero-order chi connectivity index (χ0) is 11.6. The number of aliphatic hydroxyl groups excluding tert-OH is 1. The van der Waals surface area contributed by atoms with Gasteiger partial charge in [-0.25, -0.2) is 4.39 Å². The van der Waals surface area contributed by atoms with E-state index in [1.165, 1.54) is 13.2 Å². The van der Waals surface area contributed by atoms with Crippen LogP contribution in [0.3, 0.4) is 0 Å². The van der Waals surface area contributed by atoms with Gasteiger partial charge in [-0.3, -0.25) is 0 Å².